The minimum atomic E-state index is 0.594. The van der Waals surface area contributed by atoms with Gasteiger partial charge in [-0.05, 0) is 0 Å². The third kappa shape index (κ3) is 1.53. The van der Waals surface area contributed by atoms with Crippen molar-refractivity contribution in [1.82, 2.24) is 0 Å². The normalized spacial score (nSPS) is 28.8. The second-order valence-corrected chi connectivity index (χ2v) is 22.3. The molecular formula is C2H3As3. The summed E-state index contributed by atoms with van der Waals surface area (Å²) in [6.45, 7) is 0. The Labute approximate surface area is 47.3 Å². The molecule has 0 aromatic heterocycles. The van der Waals surface area contributed by atoms with Crippen molar-refractivity contribution in [3.63, 3.8) is 0 Å². The zero-order valence-electron chi connectivity index (χ0n) is 2.55. The van der Waals surface area contributed by atoms with Crippen molar-refractivity contribution in [3.8, 4) is 0 Å². The van der Waals surface area contributed by atoms with E-state index in [0.717, 1.165) is 24.2 Å². The molecule has 0 radical (unpaired) electrons. The Morgan fingerprint density at radius 2 is 2.60 bits per heavy atom. The van der Waals surface area contributed by atoms with Crippen molar-refractivity contribution < 1.29 is 0 Å². The van der Waals surface area contributed by atoms with Gasteiger partial charge in [-0.2, -0.15) is 0 Å². The molecule has 1 atom stereocenters. The summed E-state index contributed by atoms with van der Waals surface area (Å²) in [5, 5.41) is 0. The maximum atomic E-state index is 2.44. The Balaban J connectivity index is 2.61. The number of hydrogen-bond acceptors (Lipinski definition) is 0. The van der Waals surface area contributed by atoms with Crippen LogP contribution in [0.2, 0.25) is 0 Å². The third-order valence-electron chi connectivity index (χ3n) is 0.331. The SMILES string of the molecule is C1=C[AsH][As]=[As]1. The van der Waals surface area contributed by atoms with E-state index in [0.29, 0.717) is 13.7 Å². The van der Waals surface area contributed by atoms with Gasteiger partial charge in [0.1, 0.15) is 0 Å². The molecule has 0 spiro atoms. The molecule has 26 valence electrons. The summed E-state index contributed by atoms with van der Waals surface area (Å²) in [7, 11) is 0. The molecule has 0 bridgehead atoms. The van der Waals surface area contributed by atoms with E-state index >= 15 is 0 Å². The van der Waals surface area contributed by atoms with Crippen molar-refractivity contribution in [3.05, 3.63) is 9.73 Å². The molecule has 0 saturated heterocycles. The van der Waals surface area contributed by atoms with E-state index in [9.17, 15) is 0 Å². The van der Waals surface area contributed by atoms with E-state index < -0.39 is 0 Å². The molecule has 0 aromatic carbocycles. The van der Waals surface area contributed by atoms with Crippen LogP contribution in [0, 0.1) is 0 Å². The van der Waals surface area contributed by atoms with Crippen molar-refractivity contribution in [2.75, 3.05) is 0 Å². The second-order valence-electron chi connectivity index (χ2n) is 0.660. The summed E-state index contributed by atoms with van der Waals surface area (Å²) in [5.41, 5.74) is 0. The van der Waals surface area contributed by atoms with Gasteiger partial charge in [-0.3, -0.25) is 0 Å². The molecule has 0 nitrogen and oxygen atoms in total. The van der Waals surface area contributed by atoms with Gasteiger partial charge in [0.05, 0.1) is 0 Å². The Hall–Kier alpha value is 1.42. The molecule has 3 heteroatoms. The van der Waals surface area contributed by atoms with E-state index in [-0.39, 0.29) is 0 Å². The van der Waals surface area contributed by atoms with Gasteiger partial charge in [-0.15, -0.1) is 0 Å². The van der Waals surface area contributed by atoms with Gasteiger partial charge in [0.25, 0.3) is 0 Å². The van der Waals surface area contributed by atoms with Crippen LogP contribution in [-0.4, -0.2) is 37.9 Å². The first kappa shape index (κ1) is 4.57. The van der Waals surface area contributed by atoms with Crippen LogP contribution >= 0.6 is 0 Å². The molecule has 5 heavy (non-hydrogen) atoms. The number of rotatable bonds is 0. The zero-order valence-corrected chi connectivity index (χ0v) is 8.40. The van der Waals surface area contributed by atoms with Crippen molar-refractivity contribution in [1.29, 1.82) is 0 Å². The van der Waals surface area contributed by atoms with Crippen LogP contribution < -0.4 is 0 Å². The molecule has 0 saturated carbocycles. The Morgan fingerprint density at radius 3 is 2.80 bits per heavy atom. The summed E-state index contributed by atoms with van der Waals surface area (Å²) >= 11 is 2.38. The van der Waals surface area contributed by atoms with Gasteiger partial charge in [0.2, 0.25) is 0 Å². The molecule has 0 fully saturated rings. The fourth-order valence-electron chi connectivity index (χ4n) is 0.167. The second kappa shape index (κ2) is 2.57. The van der Waals surface area contributed by atoms with Gasteiger partial charge in [-0.25, -0.2) is 0 Å². The summed E-state index contributed by atoms with van der Waals surface area (Å²) < 4.78 is 0. The van der Waals surface area contributed by atoms with Crippen molar-refractivity contribution in [2.24, 2.45) is 0 Å². The van der Waals surface area contributed by atoms with E-state index in [1.54, 1.807) is 0 Å². The predicted molar refractivity (Wildman–Crippen MR) is 27.8 cm³/mol. The minimum absolute atomic E-state index is 0.594. The third-order valence-corrected chi connectivity index (χ3v) is 22.0. The first-order valence-electron chi connectivity index (χ1n) is 1.30. The fraction of sp³-hybridized carbons (Fsp3) is 0. The van der Waals surface area contributed by atoms with Gasteiger partial charge in [0, 0.05) is 0 Å². The van der Waals surface area contributed by atoms with Gasteiger partial charge < -0.3 is 0 Å². The average molecular weight is 252 g/mol. The van der Waals surface area contributed by atoms with E-state index in [1.165, 1.54) is 0 Å². The summed E-state index contributed by atoms with van der Waals surface area (Å²) in [6.07, 6.45) is 0. The molecule has 0 amide bonds. The van der Waals surface area contributed by atoms with Crippen LogP contribution in [0.4, 0.5) is 0 Å². The maximum absolute atomic E-state index is 2.44. The van der Waals surface area contributed by atoms with Gasteiger partial charge in [0.15, 0.2) is 0 Å². The zero-order chi connectivity index (χ0) is 3.54. The first-order chi connectivity index (χ1) is 2.50. The van der Waals surface area contributed by atoms with Gasteiger partial charge in [-0.1, -0.05) is 0 Å². The van der Waals surface area contributed by atoms with E-state index in [2.05, 4.69) is 9.73 Å². The van der Waals surface area contributed by atoms with Crippen LogP contribution in [0.1, 0.15) is 0 Å². The van der Waals surface area contributed by atoms with Crippen LogP contribution in [0.3, 0.4) is 0 Å². The molecule has 0 aliphatic carbocycles. The molecular weight excluding hydrogens is 249 g/mol. The molecule has 1 rings (SSSR count). The quantitative estimate of drug-likeness (QED) is 0.492. The standard InChI is InChI=1S/C2H3As3/c1-2-4-5-3-1/h1-3H. The topological polar surface area (TPSA) is 0 Å². The Kier molecular flexibility index (Phi) is 2.35. The molecule has 0 aromatic rings. The van der Waals surface area contributed by atoms with Crippen LogP contribution in [0.5, 0.6) is 0 Å². The van der Waals surface area contributed by atoms with Crippen LogP contribution in [0.25, 0.3) is 0 Å². The predicted octanol–water partition coefficient (Wildman–Crippen LogP) is -0.854. The van der Waals surface area contributed by atoms with Crippen molar-refractivity contribution in [2.45, 2.75) is 0 Å². The molecule has 1 aliphatic heterocycles. The van der Waals surface area contributed by atoms with Crippen molar-refractivity contribution >= 4 is 37.9 Å². The molecule has 1 unspecified atom stereocenters. The van der Waals surface area contributed by atoms with Crippen LogP contribution in [-0.2, 0) is 0 Å². The summed E-state index contributed by atoms with van der Waals surface area (Å²) in [5.74, 6) is 0. The number of hydrogen-bond donors (Lipinski definition) is 0. The van der Waals surface area contributed by atoms with E-state index in [4.69, 9.17) is 0 Å². The Morgan fingerprint density at radius 1 is 1.60 bits per heavy atom. The molecule has 1 aliphatic rings. The molecule has 0 N–H and O–H groups in total. The monoisotopic (exact) mass is 252 g/mol. The average Bonchev–Trinajstić information content (AvgIpc) is 1.76. The van der Waals surface area contributed by atoms with Crippen LogP contribution in [0.15, 0.2) is 9.73 Å². The summed E-state index contributed by atoms with van der Waals surface area (Å²) in [4.78, 5) is 4.87. The Bertz CT molecular complexity index is 63.0. The molecule has 1 heterocycles. The first-order valence-corrected chi connectivity index (χ1v) is 14.6. The summed E-state index contributed by atoms with van der Waals surface area (Å²) in [6, 6.07) is 0. The fourth-order valence-corrected chi connectivity index (χ4v) is 23.4. The van der Waals surface area contributed by atoms with Gasteiger partial charge >= 0.3 is 47.6 Å². The van der Waals surface area contributed by atoms with E-state index in [1.807, 2.05) is 0 Å².